The van der Waals surface area contributed by atoms with Gasteiger partial charge in [0.05, 0.1) is 18.2 Å². The Balaban J connectivity index is 2.00. The van der Waals surface area contributed by atoms with Crippen LogP contribution in [0.4, 0.5) is 4.39 Å². The molecule has 5 nitrogen and oxygen atoms in total. The third-order valence-corrected chi connectivity index (χ3v) is 3.42. The number of halogens is 1. The third kappa shape index (κ3) is 2.50. The molecule has 0 spiro atoms. The number of benzene rings is 1. The highest BCUT2D eigenvalue weighted by molar-refractivity contribution is 5.89. The molecule has 0 unspecified atom stereocenters. The van der Waals surface area contributed by atoms with E-state index < -0.39 is 11.8 Å². The molecule has 0 amide bonds. The monoisotopic (exact) mass is 300 g/mol. The zero-order chi connectivity index (χ0) is 15.7. The predicted molar refractivity (Wildman–Crippen MR) is 79.4 cm³/mol. The Morgan fingerprint density at radius 3 is 2.91 bits per heavy atom. The Labute approximate surface area is 125 Å². The van der Waals surface area contributed by atoms with E-state index in [1.165, 1.54) is 19.4 Å². The first kappa shape index (κ1) is 14.1. The van der Waals surface area contributed by atoms with Crippen molar-refractivity contribution in [3.05, 3.63) is 69.9 Å². The van der Waals surface area contributed by atoms with Crippen LogP contribution >= 0.6 is 0 Å². The average Bonchev–Trinajstić information content (AvgIpc) is 2.82. The minimum absolute atomic E-state index is 0.177. The van der Waals surface area contributed by atoms with Crippen molar-refractivity contribution in [3.8, 4) is 0 Å². The standard InChI is InChI=1S/C16H13FN2O3/c1-22-16(21)11-4-2-3-10(7-11)8-19-9-12(17)15-13(19)5-6-14(20)18-15/h2-7,9H,8H2,1H3,(H,18,20). The maximum absolute atomic E-state index is 13.9. The molecule has 22 heavy (non-hydrogen) atoms. The SMILES string of the molecule is COC(=O)c1cccc(Cn2cc(F)c3[nH]c(=O)ccc32)c1. The van der Waals surface area contributed by atoms with Crippen molar-refractivity contribution < 1.29 is 13.9 Å². The Morgan fingerprint density at radius 2 is 2.14 bits per heavy atom. The van der Waals surface area contributed by atoms with Crippen LogP contribution in [0.2, 0.25) is 0 Å². The van der Waals surface area contributed by atoms with Gasteiger partial charge in [0, 0.05) is 18.8 Å². The number of hydrogen-bond donors (Lipinski definition) is 1. The summed E-state index contributed by atoms with van der Waals surface area (Å²) in [6, 6.07) is 9.85. The lowest BCUT2D eigenvalue weighted by Gasteiger charge is -2.07. The number of H-pyrrole nitrogens is 1. The number of esters is 1. The highest BCUT2D eigenvalue weighted by Crippen LogP contribution is 2.18. The van der Waals surface area contributed by atoms with Crippen molar-refractivity contribution in [1.82, 2.24) is 9.55 Å². The topological polar surface area (TPSA) is 64.1 Å². The van der Waals surface area contributed by atoms with Crippen molar-refractivity contribution in [2.24, 2.45) is 0 Å². The molecule has 0 fully saturated rings. The Bertz CT molecular complexity index is 911. The smallest absolute Gasteiger partial charge is 0.337 e. The Hall–Kier alpha value is -2.89. The van der Waals surface area contributed by atoms with Crippen molar-refractivity contribution in [2.75, 3.05) is 7.11 Å². The zero-order valence-corrected chi connectivity index (χ0v) is 11.8. The lowest BCUT2D eigenvalue weighted by molar-refractivity contribution is 0.0600. The van der Waals surface area contributed by atoms with E-state index in [0.29, 0.717) is 17.6 Å². The van der Waals surface area contributed by atoms with Crippen LogP contribution in [-0.2, 0) is 11.3 Å². The number of fused-ring (bicyclic) bond motifs is 1. The number of aromatic nitrogens is 2. The molecular weight excluding hydrogens is 287 g/mol. The second kappa shape index (κ2) is 5.48. The lowest BCUT2D eigenvalue weighted by Crippen LogP contribution is -2.05. The summed E-state index contributed by atoms with van der Waals surface area (Å²) in [5, 5.41) is 0. The number of ether oxygens (including phenoxy) is 1. The van der Waals surface area contributed by atoms with Gasteiger partial charge in [-0.05, 0) is 23.8 Å². The number of rotatable bonds is 3. The van der Waals surface area contributed by atoms with E-state index >= 15 is 0 Å². The molecular formula is C16H13FN2O3. The molecule has 0 aliphatic rings. The first-order valence-electron chi connectivity index (χ1n) is 6.63. The molecule has 0 atom stereocenters. The van der Waals surface area contributed by atoms with Crippen LogP contribution in [0.25, 0.3) is 11.0 Å². The summed E-state index contributed by atoms with van der Waals surface area (Å²) in [7, 11) is 1.32. The predicted octanol–water partition coefficient (Wildman–Crippen LogP) is 2.30. The molecule has 0 bridgehead atoms. The highest BCUT2D eigenvalue weighted by atomic mass is 19.1. The van der Waals surface area contributed by atoms with Gasteiger partial charge in [-0.1, -0.05) is 12.1 Å². The minimum atomic E-state index is -0.489. The van der Waals surface area contributed by atoms with E-state index in [4.69, 9.17) is 0 Å². The molecule has 0 saturated heterocycles. The van der Waals surface area contributed by atoms with E-state index in [-0.39, 0.29) is 11.1 Å². The van der Waals surface area contributed by atoms with Gasteiger partial charge in [-0.3, -0.25) is 4.79 Å². The molecule has 0 aliphatic heterocycles. The molecule has 0 radical (unpaired) electrons. The molecule has 3 aromatic rings. The van der Waals surface area contributed by atoms with Gasteiger partial charge in [-0.15, -0.1) is 0 Å². The average molecular weight is 300 g/mol. The number of pyridine rings is 1. The number of carbonyl (C=O) groups is 1. The summed E-state index contributed by atoms with van der Waals surface area (Å²) in [6.07, 6.45) is 1.32. The van der Waals surface area contributed by atoms with Crippen LogP contribution in [0.5, 0.6) is 0 Å². The van der Waals surface area contributed by atoms with E-state index in [1.807, 2.05) is 6.07 Å². The van der Waals surface area contributed by atoms with Crippen molar-refractivity contribution in [1.29, 1.82) is 0 Å². The number of methoxy groups -OCH3 is 1. The normalized spacial score (nSPS) is 10.8. The second-order valence-corrected chi connectivity index (χ2v) is 4.88. The van der Waals surface area contributed by atoms with E-state index in [2.05, 4.69) is 9.72 Å². The van der Waals surface area contributed by atoms with Crippen LogP contribution < -0.4 is 5.56 Å². The molecule has 1 aromatic carbocycles. The van der Waals surface area contributed by atoms with Gasteiger partial charge in [0.1, 0.15) is 5.52 Å². The van der Waals surface area contributed by atoms with E-state index in [9.17, 15) is 14.0 Å². The molecule has 0 aliphatic carbocycles. The molecule has 6 heteroatoms. The van der Waals surface area contributed by atoms with E-state index in [1.54, 1.807) is 28.8 Å². The Morgan fingerprint density at radius 1 is 1.32 bits per heavy atom. The van der Waals surface area contributed by atoms with Gasteiger partial charge in [0.25, 0.3) is 0 Å². The molecule has 2 aromatic heterocycles. The maximum atomic E-state index is 13.9. The van der Waals surface area contributed by atoms with Crippen LogP contribution in [0.1, 0.15) is 15.9 Å². The fraction of sp³-hybridized carbons (Fsp3) is 0.125. The first-order chi connectivity index (χ1) is 10.6. The maximum Gasteiger partial charge on any atom is 0.337 e. The molecule has 112 valence electrons. The van der Waals surface area contributed by atoms with Crippen molar-refractivity contribution in [2.45, 2.75) is 6.54 Å². The number of carbonyl (C=O) groups excluding carboxylic acids is 1. The summed E-state index contributed by atoms with van der Waals surface area (Å²) >= 11 is 0. The summed E-state index contributed by atoms with van der Waals surface area (Å²) in [4.78, 5) is 25.3. The van der Waals surface area contributed by atoms with Gasteiger partial charge in [-0.25, -0.2) is 9.18 Å². The van der Waals surface area contributed by atoms with Gasteiger partial charge in [-0.2, -0.15) is 0 Å². The summed E-state index contributed by atoms with van der Waals surface area (Å²) in [6.45, 7) is 0.372. The van der Waals surface area contributed by atoms with Crippen LogP contribution in [0, 0.1) is 5.82 Å². The van der Waals surface area contributed by atoms with E-state index in [0.717, 1.165) is 5.56 Å². The first-order valence-corrected chi connectivity index (χ1v) is 6.63. The van der Waals surface area contributed by atoms with Crippen molar-refractivity contribution >= 4 is 17.0 Å². The lowest BCUT2D eigenvalue weighted by atomic mass is 10.1. The van der Waals surface area contributed by atoms with Crippen molar-refractivity contribution in [3.63, 3.8) is 0 Å². The molecule has 3 rings (SSSR count). The number of hydrogen-bond acceptors (Lipinski definition) is 3. The van der Waals surface area contributed by atoms with Gasteiger partial charge in [0.2, 0.25) is 5.56 Å². The van der Waals surface area contributed by atoms with Crippen LogP contribution in [0.3, 0.4) is 0 Å². The van der Waals surface area contributed by atoms with Gasteiger partial charge >= 0.3 is 5.97 Å². The highest BCUT2D eigenvalue weighted by Gasteiger charge is 2.11. The van der Waals surface area contributed by atoms with Crippen LogP contribution in [-0.4, -0.2) is 22.6 Å². The summed E-state index contributed by atoms with van der Waals surface area (Å²) in [5.74, 6) is -0.911. The van der Waals surface area contributed by atoms with Gasteiger partial charge < -0.3 is 14.3 Å². The zero-order valence-electron chi connectivity index (χ0n) is 11.8. The molecule has 2 heterocycles. The molecule has 1 N–H and O–H groups in total. The fourth-order valence-corrected chi connectivity index (χ4v) is 2.40. The quantitative estimate of drug-likeness (QED) is 0.755. The van der Waals surface area contributed by atoms with Gasteiger partial charge in [0.15, 0.2) is 5.82 Å². The number of nitrogens with zero attached hydrogens (tertiary/aromatic N) is 1. The van der Waals surface area contributed by atoms with Crippen LogP contribution in [0.15, 0.2) is 47.4 Å². The number of aromatic amines is 1. The molecule has 0 saturated carbocycles. The summed E-state index contributed by atoms with van der Waals surface area (Å²) < 4.78 is 20.2. The Kier molecular flexibility index (Phi) is 3.50. The summed E-state index contributed by atoms with van der Waals surface area (Å²) in [5.41, 5.74) is 1.67. The number of nitrogens with one attached hydrogen (secondary N) is 1. The second-order valence-electron chi connectivity index (χ2n) is 4.88. The minimum Gasteiger partial charge on any atom is -0.465 e. The fourth-order valence-electron chi connectivity index (χ4n) is 2.40. The largest absolute Gasteiger partial charge is 0.465 e. The third-order valence-electron chi connectivity index (χ3n) is 3.42.